The van der Waals surface area contributed by atoms with Gasteiger partial charge in [-0.1, -0.05) is 24.0 Å². The largest absolute Gasteiger partial charge is 0.320 e. The predicted octanol–water partition coefficient (Wildman–Crippen LogP) is 2.18. The standard InChI is InChI=1S/C15H22N2S/c1-13(12-18-3)17(2)11-15-7-4-6-14(10-15)8-5-9-16/h4,6-7,10,13H,9,11-12,16H2,1-3H3. The number of hydrogen-bond donors (Lipinski definition) is 1. The lowest BCUT2D eigenvalue weighted by atomic mass is 10.1. The van der Waals surface area contributed by atoms with Crippen LogP contribution < -0.4 is 5.73 Å². The molecule has 1 aromatic carbocycles. The van der Waals surface area contributed by atoms with E-state index in [1.165, 1.54) is 5.56 Å². The molecule has 1 atom stereocenters. The van der Waals surface area contributed by atoms with Gasteiger partial charge in [0, 0.05) is 23.9 Å². The molecule has 1 rings (SSSR count). The maximum absolute atomic E-state index is 5.38. The van der Waals surface area contributed by atoms with E-state index in [1.54, 1.807) is 0 Å². The van der Waals surface area contributed by atoms with Gasteiger partial charge in [0.1, 0.15) is 0 Å². The lowest BCUT2D eigenvalue weighted by Gasteiger charge is -2.24. The minimum atomic E-state index is 0.412. The van der Waals surface area contributed by atoms with Crippen molar-refractivity contribution in [1.29, 1.82) is 0 Å². The van der Waals surface area contributed by atoms with Crippen LogP contribution in [0.25, 0.3) is 0 Å². The van der Waals surface area contributed by atoms with Gasteiger partial charge in [-0.25, -0.2) is 0 Å². The first-order valence-corrected chi connectivity index (χ1v) is 7.53. The number of benzene rings is 1. The summed E-state index contributed by atoms with van der Waals surface area (Å²) in [7, 11) is 2.17. The molecule has 0 aliphatic rings. The van der Waals surface area contributed by atoms with Crippen molar-refractivity contribution in [3.8, 4) is 11.8 Å². The molecule has 0 fully saturated rings. The van der Waals surface area contributed by atoms with Crippen LogP contribution in [0, 0.1) is 11.8 Å². The first-order valence-electron chi connectivity index (χ1n) is 6.14. The maximum Gasteiger partial charge on any atom is 0.0555 e. The number of nitrogens with zero attached hydrogens (tertiary/aromatic N) is 1. The fourth-order valence-corrected chi connectivity index (χ4v) is 2.45. The van der Waals surface area contributed by atoms with Gasteiger partial charge < -0.3 is 5.73 Å². The van der Waals surface area contributed by atoms with Crippen LogP contribution in [-0.4, -0.2) is 36.5 Å². The molecular formula is C15H22N2S. The fourth-order valence-electron chi connectivity index (χ4n) is 1.71. The van der Waals surface area contributed by atoms with Gasteiger partial charge in [-0.3, -0.25) is 4.90 Å². The summed E-state index contributed by atoms with van der Waals surface area (Å²) in [6, 6.07) is 8.96. The Labute approximate surface area is 115 Å². The molecule has 0 radical (unpaired) electrons. The topological polar surface area (TPSA) is 29.3 Å². The molecule has 0 bridgehead atoms. The number of nitrogens with two attached hydrogens (primary N) is 1. The van der Waals surface area contributed by atoms with Crippen molar-refractivity contribution in [3.05, 3.63) is 35.4 Å². The zero-order chi connectivity index (χ0) is 13.4. The summed E-state index contributed by atoms with van der Waals surface area (Å²) in [5.41, 5.74) is 7.73. The molecular weight excluding hydrogens is 240 g/mol. The molecule has 18 heavy (non-hydrogen) atoms. The van der Waals surface area contributed by atoms with Gasteiger partial charge in [0.05, 0.1) is 6.54 Å². The zero-order valence-corrected chi connectivity index (χ0v) is 12.3. The molecule has 3 heteroatoms. The van der Waals surface area contributed by atoms with E-state index in [2.05, 4.69) is 55.2 Å². The molecule has 98 valence electrons. The van der Waals surface area contributed by atoms with Gasteiger partial charge in [0.2, 0.25) is 0 Å². The van der Waals surface area contributed by atoms with Gasteiger partial charge in [-0.15, -0.1) is 0 Å². The van der Waals surface area contributed by atoms with Crippen LogP contribution in [0.2, 0.25) is 0 Å². The Morgan fingerprint density at radius 1 is 1.44 bits per heavy atom. The number of hydrogen-bond acceptors (Lipinski definition) is 3. The van der Waals surface area contributed by atoms with Crippen molar-refractivity contribution >= 4 is 11.8 Å². The highest BCUT2D eigenvalue weighted by Crippen LogP contribution is 2.10. The van der Waals surface area contributed by atoms with Gasteiger partial charge in [-0.05, 0) is 37.9 Å². The van der Waals surface area contributed by atoms with Crippen molar-refractivity contribution in [3.63, 3.8) is 0 Å². The SMILES string of the molecule is CSCC(C)N(C)Cc1cccc(C#CCN)c1. The summed E-state index contributed by atoms with van der Waals surface area (Å²) in [5.74, 6) is 7.12. The van der Waals surface area contributed by atoms with Crippen molar-refractivity contribution in [1.82, 2.24) is 4.90 Å². The summed E-state index contributed by atoms with van der Waals surface area (Å²) in [6.45, 7) is 3.63. The summed E-state index contributed by atoms with van der Waals surface area (Å²) in [5, 5.41) is 0. The average Bonchev–Trinajstić information content (AvgIpc) is 2.37. The molecule has 0 spiro atoms. The molecule has 0 aliphatic heterocycles. The average molecular weight is 262 g/mol. The van der Waals surface area contributed by atoms with E-state index in [4.69, 9.17) is 5.73 Å². The minimum Gasteiger partial charge on any atom is -0.320 e. The molecule has 0 saturated heterocycles. The monoisotopic (exact) mass is 262 g/mol. The lowest BCUT2D eigenvalue weighted by molar-refractivity contribution is 0.270. The molecule has 0 amide bonds. The van der Waals surface area contributed by atoms with E-state index in [0.29, 0.717) is 12.6 Å². The van der Waals surface area contributed by atoms with Crippen molar-refractivity contribution < 1.29 is 0 Å². The van der Waals surface area contributed by atoms with Crippen LogP contribution in [-0.2, 0) is 6.54 Å². The summed E-state index contributed by atoms with van der Waals surface area (Å²) in [6.07, 6.45) is 2.15. The number of thioether (sulfide) groups is 1. The third kappa shape index (κ3) is 5.14. The number of rotatable bonds is 5. The van der Waals surface area contributed by atoms with Gasteiger partial charge >= 0.3 is 0 Å². The molecule has 0 saturated carbocycles. The first-order chi connectivity index (χ1) is 8.67. The molecule has 0 aromatic heterocycles. The van der Waals surface area contributed by atoms with Crippen LogP contribution in [0.4, 0.5) is 0 Å². The lowest BCUT2D eigenvalue weighted by Crippen LogP contribution is -2.30. The highest BCUT2D eigenvalue weighted by molar-refractivity contribution is 7.98. The second-order valence-electron chi connectivity index (χ2n) is 4.43. The van der Waals surface area contributed by atoms with Crippen LogP contribution in [0.3, 0.4) is 0 Å². The molecule has 1 unspecified atom stereocenters. The summed E-state index contributed by atoms with van der Waals surface area (Å²) >= 11 is 1.88. The summed E-state index contributed by atoms with van der Waals surface area (Å²) in [4.78, 5) is 2.37. The Bertz CT molecular complexity index is 420. The molecule has 0 aliphatic carbocycles. The Morgan fingerprint density at radius 2 is 2.22 bits per heavy atom. The van der Waals surface area contributed by atoms with Gasteiger partial charge in [-0.2, -0.15) is 11.8 Å². The van der Waals surface area contributed by atoms with Crippen LogP contribution in [0.1, 0.15) is 18.1 Å². The summed E-state index contributed by atoms with van der Waals surface area (Å²) < 4.78 is 0. The smallest absolute Gasteiger partial charge is 0.0555 e. The highest BCUT2D eigenvalue weighted by atomic mass is 32.2. The van der Waals surface area contributed by atoms with Crippen LogP contribution >= 0.6 is 11.8 Å². The fraction of sp³-hybridized carbons (Fsp3) is 0.467. The van der Waals surface area contributed by atoms with E-state index in [-0.39, 0.29) is 0 Å². The Balaban J connectivity index is 2.67. The second kappa shape index (κ2) is 8.20. The molecule has 1 aromatic rings. The van der Waals surface area contributed by atoms with Crippen molar-refractivity contribution in [2.75, 3.05) is 25.6 Å². The normalized spacial score (nSPS) is 12.1. The second-order valence-corrected chi connectivity index (χ2v) is 5.34. The Morgan fingerprint density at radius 3 is 2.89 bits per heavy atom. The minimum absolute atomic E-state index is 0.412. The van der Waals surface area contributed by atoms with E-state index >= 15 is 0 Å². The van der Waals surface area contributed by atoms with Crippen LogP contribution in [0.15, 0.2) is 24.3 Å². The van der Waals surface area contributed by atoms with E-state index in [0.717, 1.165) is 17.9 Å². The molecule has 0 heterocycles. The Kier molecular flexibility index (Phi) is 6.89. The maximum atomic E-state index is 5.38. The van der Waals surface area contributed by atoms with E-state index < -0.39 is 0 Å². The van der Waals surface area contributed by atoms with Crippen LogP contribution in [0.5, 0.6) is 0 Å². The van der Waals surface area contributed by atoms with Crippen molar-refractivity contribution in [2.45, 2.75) is 19.5 Å². The highest BCUT2D eigenvalue weighted by Gasteiger charge is 2.08. The molecule has 2 nitrogen and oxygen atoms in total. The quantitative estimate of drug-likeness (QED) is 0.825. The van der Waals surface area contributed by atoms with Gasteiger partial charge in [0.25, 0.3) is 0 Å². The van der Waals surface area contributed by atoms with E-state index in [1.807, 2.05) is 17.8 Å². The Hall–Kier alpha value is -0.950. The third-order valence-corrected chi connectivity index (χ3v) is 3.67. The van der Waals surface area contributed by atoms with Crippen molar-refractivity contribution in [2.24, 2.45) is 5.73 Å². The third-order valence-electron chi connectivity index (χ3n) is 2.85. The van der Waals surface area contributed by atoms with E-state index in [9.17, 15) is 0 Å². The zero-order valence-electron chi connectivity index (χ0n) is 11.4. The first kappa shape index (κ1) is 15.1. The molecule has 2 N–H and O–H groups in total. The predicted molar refractivity (Wildman–Crippen MR) is 81.7 cm³/mol. The van der Waals surface area contributed by atoms with Gasteiger partial charge in [0.15, 0.2) is 0 Å².